The monoisotopic (exact) mass is 1580 g/mol. The summed E-state index contributed by atoms with van der Waals surface area (Å²) in [6.07, 6.45) is -13.9. The number of aliphatic hydroxyl groups is 4. The molecule has 40 nitrogen and oxygen atoms in total. The molecule has 0 aromatic heterocycles. The summed E-state index contributed by atoms with van der Waals surface area (Å²) in [4.78, 5) is 241. The second-order valence-electron chi connectivity index (χ2n) is 30.1. The lowest BCUT2D eigenvalue weighted by atomic mass is 9.85. The van der Waals surface area contributed by atoms with E-state index in [0.717, 1.165) is 53.3 Å². The molecule has 111 heavy (non-hydrogen) atoms. The second-order valence-corrected chi connectivity index (χ2v) is 30.1. The quantitative estimate of drug-likeness (QED) is 0.0257. The highest BCUT2D eigenvalue weighted by atomic mass is 16.5. The summed E-state index contributed by atoms with van der Waals surface area (Å²) < 4.78 is 11.2. The lowest BCUT2D eigenvalue weighted by Crippen LogP contribution is -2.65. The zero-order chi connectivity index (χ0) is 85.7. The molecule has 40 heteroatoms. The minimum Gasteiger partial charge on any atom is -0.458 e. The molecular formula is C71H125N17O23. The second kappa shape index (κ2) is 47.2. The minimum atomic E-state index is -2.61. The van der Waals surface area contributed by atoms with Crippen LogP contribution in [0.15, 0.2) is 0 Å². The molecule has 22 atom stereocenters. The molecule has 0 aromatic carbocycles. The Bertz CT molecular complexity index is 3230. The normalized spacial score (nSPS) is 24.0. The zero-order valence-electron chi connectivity index (χ0n) is 67.0. The van der Waals surface area contributed by atoms with Gasteiger partial charge in [-0.15, -0.1) is 0 Å². The molecule has 1 saturated heterocycles. The molecule has 0 spiro atoms. The number of esters is 1. The number of hydrogen-bond acceptors (Lipinski definition) is 24. The predicted octanol–water partition coefficient (Wildman–Crippen LogP) is -6.86. The number of nitrogens with two attached hydrogens (primary N) is 5. The number of ether oxygens (including phenoxy) is 2. The number of carbonyl (C=O) groups excluding carboxylic acids is 17. The van der Waals surface area contributed by atoms with E-state index in [9.17, 15) is 92.3 Å². The van der Waals surface area contributed by atoms with Crippen molar-refractivity contribution in [2.45, 2.75) is 265 Å². The van der Waals surface area contributed by atoms with Crippen molar-refractivity contribution >= 4 is 100 Å². The highest BCUT2D eigenvalue weighted by Gasteiger charge is 2.46. The van der Waals surface area contributed by atoms with Crippen molar-refractivity contribution in [1.29, 1.82) is 0 Å². The fraction of sp³-hybridized carbons (Fsp3) is 0.761. The maximum Gasteiger partial charge on any atom is 0.329 e. The van der Waals surface area contributed by atoms with Gasteiger partial charge < -0.3 is 122 Å². The van der Waals surface area contributed by atoms with Crippen LogP contribution in [0.4, 0.5) is 0 Å². The number of likely N-dealkylation sites (N-methyl/N-ethyl adjacent to an activating group) is 2. The van der Waals surface area contributed by atoms with E-state index in [2.05, 4.69) is 53.2 Å². The number of amides is 16. The fourth-order valence-corrected chi connectivity index (χ4v) is 12.3. The van der Waals surface area contributed by atoms with Gasteiger partial charge >= 0.3 is 5.97 Å². The van der Waals surface area contributed by atoms with E-state index in [0.29, 0.717) is 11.3 Å². The lowest BCUT2D eigenvalue weighted by Gasteiger charge is -2.35. The summed E-state index contributed by atoms with van der Waals surface area (Å²) in [5.74, 6) is -26.5. The van der Waals surface area contributed by atoms with Gasteiger partial charge in [-0.05, 0) is 94.4 Å². The number of primary amides is 4. The summed E-state index contributed by atoms with van der Waals surface area (Å²) in [7, 11) is 3.01. The SMILES string of the molecule is CCC(C)CC(C)[C@@H](O)[C@@H](C)C(=O)N[C@H](CNC(C)=O)C(=O)N[C@H](C(C)C)[C@H](O)C(O)C(=O)N[C@H](C(=O)N[C@H]1C(=O)N[C@H]([C@@H](C)O)C(=O)N[C@H](CCCN)C(=O)N[C@@H](CC(C)C)C(=O)N(C)[C@@H](CCC(N)=O)C(=O)NC(C(OC)C(N)=O)C(=O)N[C@H](CC(N)=O)C(=O)N(C)[C@@H](CC(C)C)C(=O)O[C@@H]1C)[C@@H](C)[C@@H](C)C(N)=O. The first-order valence-corrected chi connectivity index (χ1v) is 37.2. The van der Waals surface area contributed by atoms with Crippen molar-refractivity contribution in [3.8, 4) is 0 Å². The minimum absolute atomic E-state index is 0.00769. The van der Waals surface area contributed by atoms with Crippen LogP contribution in [0.1, 0.15) is 162 Å². The van der Waals surface area contributed by atoms with Crippen LogP contribution in [0, 0.1) is 47.3 Å². The van der Waals surface area contributed by atoms with Crippen LogP contribution in [0.5, 0.6) is 0 Å². The molecule has 5 unspecified atom stereocenters. The summed E-state index contributed by atoms with van der Waals surface area (Å²) in [5.41, 5.74) is 28.4. The van der Waals surface area contributed by atoms with Crippen LogP contribution in [0.25, 0.3) is 0 Å². The van der Waals surface area contributed by atoms with Gasteiger partial charge in [-0.25, -0.2) is 4.79 Å². The van der Waals surface area contributed by atoms with Crippen LogP contribution in [-0.2, 0) is 91.0 Å². The Labute approximate surface area is 647 Å². The third kappa shape index (κ3) is 31.4. The average Bonchev–Trinajstić information content (AvgIpc) is 1.36. The van der Waals surface area contributed by atoms with Crippen LogP contribution < -0.4 is 81.8 Å². The zero-order valence-corrected chi connectivity index (χ0v) is 67.0. The van der Waals surface area contributed by atoms with Crippen molar-refractivity contribution in [2.75, 3.05) is 34.3 Å². The third-order valence-corrected chi connectivity index (χ3v) is 19.6. The molecule has 0 radical (unpaired) electrons. The van der Waals surface area contributed by atoms with Gasteiger partial charge in [-0.3, -0.25) is 76.7 Å². The fourth-order valence-electron chi connectivity index (χ4n) is 12.3. The number of rotatable bonds is 37. The van der Waals surface area contributed by atoms with E-state index in [1.165, 1.54) is 34.6 Å². The van der Waals surface area contributed by atoms with Gasteiger partial charge in [0.15, 0.2) is 12.2 Å². The average molecular weight is 1580 g/mol. The number of nitrogens with one attached hydrogen (secondary N) is 10. The Morgan fingerprint density at radius 2 is 1.14 bits per heavy atom. The molecule has 1 rings (SSSR count). The summed E-state index contributed by atoms with van der Waals surface area (Å²) in [5, 5.41) is 69.9. The van der Waals surface area contributed by atoms with E-state index in [-0.39, 0.29) is 44.1 Å². The number of cyclic esters (lactones) is 1. The molecule has 24 N–H and O–H groups in total. The highest BCUT2D eigenvalue weighted by molar-refractivity contribution is 6.02. The first kappa shape index (κ1) is 99.8. The van der Waals surface area contributed by atoms with Crippen LogP contribution in [0.3, 0.4) is 0 Å². The van der Waals surface area contributed by atoms with E-state index >= 15 is 9.59 Å². The van der Waals surface area contributed by atoms with Crippen molar-refractivity contribution in [1.82, 2.24) is 63.0 Å². The first-order valence-electron chi connectivity index (χ1n) is 37.2. The summed E-state index contributed by atoms with van der Waals surface area (Å²) >= 11 is 0. The molecule has 1 aliphatic rings. The number of aliphatic hydroxyl groups excluding tert-OH is 4. The smallest absolute Gasteiger partial charge is 0.329 e. The molecule has 0 bridgehead atoms. The van der Waals surface area contributed by atoms with Crippen molar-refractivity contribution in [3.63, 3.8) is 0 Å². The lowest BCUT2D eigenvalue weighted by molar-refractivity contribution is -0.162. The molecule has 0 aliphatic carbocycles. The number of methoxy groups -OCH3 is 1. The van der Waals surface area contributed by atoms with Gasteiger partial charge in [0.2, 0.25) is 88.6 Å². The van der Waals surface area contributed by atoms with Gasteiger partial charge in [0.05, 0.1) is 30.6 Å². The maximum atomic E-state index is 15.2. The number of hydrogen-bond donors (Lipinski definition) is 19. The Hall–Kier alpha value is -9.25. The highest BCUT2D eigenvalue weighted by Crippen LogP contribution is 2.25. The molecule has 0 aromatic rings. The van der Waals surface area contributed by atoms with E-state index in [1.54, 1.807) is 34.6 Å². The topological polar surface area (TPSA) is 646 Å². The molecule has 1 heterocycles. The largest absolute Gasteiger partial charge is 0.458 e. The molecule has 1 aliphatic heterocycles. The van der Waals surface area contributed by atoms with Crippen molar-refractivity contribution in [2.24, 2.45) is 76.0 Å². The molecule has 16 amide bonds. The Morgan fingerprint density at radius 3 is 1.63 bits per heavy atom. The van der Waals surface area contributed by atoms with Gasteiger partial charge in [-0.1, -0.05) is 89.5 Å². The summed E-state index contributed by atoms with van der Waals surface area (Å²) in [6.45, 7) is 21.5. The standard InChI is InChI=1S/C71H125N17O23/c1-19-33(8)27-34(9)54(93)37(12)60(98)81-44(29-77-40(15)90)62(100)82-49(32(6)7)55(94)56(95)68(106)83-50(35(10)36(11)58(75)96)64(102)85-52-39(14)111-71(109)46(26-31(4)5)88(17)70(108)43(28-48(74)92)80-67(105)53(57(110-18)59(76)97)86-63(101)45(22-23-47(73)91)87(16)69(107)42(25-30(2)3)79-61(99)41(21-20-24-72)78-65(103)51(38(13)89)84-66(52)104/h30-39,41-46,49-57,89,93-95H,19-29,72H2,1-18H3,(H2,73,91)(H2,74,92)(H2,75,96)(H2,76,97)(H,77,90)(H,78,103)(H,79,99)(H,80,105)(H,81,98)(H,82,100)(H,83,106)(H,84,104)(H,85,102)(H,86,101)/t33?,34?,35-,36+,37+,38+,39+,41+,42-,43+,44+,45-,46-,49+,50-,51+,52+,53?,54+,55-,56?,57?/m0/s1. The first-order chi connectivity index (χ1) is 51.4. The molecule has 0 saturated carbocycles. The van der Waals surface area contributed by atoms with Crippen LogP contribution >= 0.6 is 0 Å². The van der Waals surface area contributed by atoms with Gasteiger partial charge in [0.1, 0.15) is 72.6 Å². The van der Waals surface area contributed by atoms with E-state index in [4.69, 9.17) is 38.1 Å². The molecule has 632 valence electrons. The van der Waals surface area contributed by atoms with Crippen LogP contribution in [0.2, 0.25) is 0 Å². The van der Waals surface area contributed by atoms with Crippen LogP contribution in [-0.4, -0.2) is 268 Å². The summed E-state index contributed by atoms with van der Waals surface area (Å²) in [6, 6.07) is -21.0. The maximum absolute atomic E-state index is 15.2. The van der Waals surface area contributed by atoms with Gasteiger partial charge in [0, 0.05) is 47.0 Å². The Kier molecular flexibility index (Phi) is 42.4. The predicted molar refractivity (Wildman–Crippen MR) is 399 cm³/mol. The number of carbonyl (C=O) groups is 17. The van der Waals surface area contributed by atoms with Gasteiger partial charge in [0.25, 0.3) is 5.91 Å². The molecule has 1 fully saturated rings. The number of nitrogens with zero attached hydrogens (tertiary/aromatic N) is 2. The van der Waals surface area contributed by atoms with E-state index in [1.807, 2.05) is 13.8 Å². The Morgan fingerprint density at radius 1 is 0.595 bits per heavy atom. The third-order valence-electron chi connectivity index (χ3n) is 19.6. The van der Waals surface area contributed by atoms with Crippen molar-refractivity contribution < 1.29 is 111 Å². The molecular weight excluding hydrogens is 1460 g/mol. The Balaban J connectivity index is 4.50. The van der Waals surface area contributed by atoms with E-state index < -0.39 is 265 Å². The van der Waals surface area contributed by atoms with Gasteiger partial charge in [-0.2, -0.15) is 0 Å². The van der Waals surface area contributed by atoms with Crippen molar-refractivity contribution in [3.05, 3.63) is 0 Å².